The van der Waals surface area contributed by atoms with Crippen molar-refractivity contribution in [2.75, 3.05) is 19.6 Å². The molecule has 0 saturated carbocycles. The van der Waals surface area contributed by atoms with Gasteiger partial charge in [0.05, 0.1) is 6.61 Å². The third-order valence-corrected chi connectivity index (χ3v) is 4.05. The van der Waals surface area contributed by atoms with Crippen molar-refractivity contribution >= 4 is 18.3 Å². The number of rotatable bonds is 5. The molecule has 2 N–H and O–H groups in total. The first-order valence-corrected chi connectivity index (χ1v) is 7.18. The van der Waals surface area contributed by atoms with Crippen LogP contribution in [0.1, 0.15) is 25.8 Å². The van der Waals surface area contributed by atoms with Crippen LogP contribution in [-0.2, 0) is 16.1 Å². The Kier molecular flexibility index (Phi) is 6.65. The summed E-state index contributed by atoms with van der Waals surface area (Å²) in [7, 11) is 0. The van der Waals surface area contributed by atoms with Crippen molar-refractivity contribution in [3.63, 3.8) is 0 Å². The molecule has 1 aromatic carbocycles. The van der Waals surface area contributed by atoms with Gasteiger partial charge in [0.15, 0.2) is 0 Å². The second kappa shape index (κ2) is 7.78. The van der Waals surface area contributed by atoms with Crippen molar-refractivity contribution < 1.29 is 9.53 Å². The first-order chi connectivity index (χ1) is 9.54. The number of halogens is 1. The van der Waals surface area contributed by atoms with Crippen LogP contribution in [0.25, 0.3) is 0 Å². The van der Waals surface area contributed by atoms with Gasteiger partial charge in [-0.05, 0) is 30.9 Å². The highest BCUT2D eigenvalue weighted by Gasteiger charge is 2.36. The smallest absolute Gasteiger partial charge is 0.251 e. The molecule has 5 heteroatoms. The first-order valence-electron chi connectivity index (χ1n) is 7.18. The zero-order valence-corrected chi connectivity index (χ0v) is 13.6. The van der Waals surface area contributed by atoms with Gasteiger partial charge in [0.25, 0.3) is 5.91 Å². The number of ether oxygens (including phenoxy) is 1. The van der Waals surface area contributed by atoms with E-state index in [-0.39, 0.29) is 23.7 Å². The number of hydrogen-bond donors (Lipinski definition) is 1. The summed E-state index contributed by atoms with van der Waals surface area (Å²) in [5, 5.41) is 0. The van der Waals surface area contributed by atoms with Gasteiger partial charge in [-0.15, -0.1) is 12.4 Å². The Balaban J connectivity index is 0.00000220. The molecule has 1 aromatic rings. The standard InChI is InChI=1S/C16H24N2O2.ClH/c1-13(20-10-14-6-4-3-5-7-14)15(19)18-9-8-16(2,11-17)12-18;/h3-7,13H,8-12,17H2,1-2H3;1H. The van der Waals surface area contributed by atoms with E-state index in [2.05, 4.69) is 6.92 Å². The zero-order chi connectivity index (χ0) is 14.6. The van der Waals surface area contributed by atoms with Crippen LogP contribution in [0.2, 0.25) is 0 Å². The van der Waals surface area contributed by atoms with E-state index in [0.29, 0.717) is 13.2 Å². The largest absolute Gasteiger partial charge is 0.364 e. The van der Waals surface area contributed by atoms with Gasteiger partial charge in [0, 0.05) is 13.1 Å². The fourth-order valence-electron chi connectivity index (χ4n) is 2.50. The quantitative estimate of drug-likeness (QED) is 0.907. The number of carbonyl (C=O) groups is 1. The van der Waals surface area contributed by atoms with Crippen LogP contribution in [0.4, 0.5) is 0 Å². The highest BCUT2D eigenvalue weighted by molar-refractivity contribution is 5.85. The fourth-order valence-corrected chi connectivity index (χ4v) is 2.50. The lowest BCUT2D eigenvalue weighted by Crippen LogP contribution is -2.40. The Bertz CT molecular complexity index is 455. The molecule has 2 atom stereocenters. The predicted octanol–water partition coefficient (Wildman–Crippen LogP) is 2.21. The van der Waals surface area contributed by atoms with E-state index in [1.165, 1.54) is 0 Å². The summed E-state index contributed by atoms with van der Waals surface area (Å²) < 4.78 is 5.68. The molecule has 118 valence electrons. The van der Waals surface area contributed by atoms with Crippen molar-refractivity contribution in [3.05, 3.63) is 35.9 Å². The molecular formula is C16H25ClN2O2. The minimum absolute atomic E-state index is 0. The number of carbonyl (C=O) groups excluding carboxylic acids is 1. The van der Waals surface area contributed by atoms with Crippen LogP contribution in [-0.4, -0.2) is 36.5 Å². The molecule has 1 amide bonds. The molecule has 0 aromatic heterocycles. The van der Waals surface area contributed by atoms with Crippen molar-refractivity contribution in [1.29, 1.82) is 0 Å². The number of nitrogens with two attached hydrogens (primary N) is 1. The zero-order valence-electron chi connectivity index (χ0n) is 12.7. The van der Waals surface area contributed by atoms with Crippen LogP contribution in [0.3, 0.4) is 0 Å². The highest BCUT2D eigenvalue weighted by atomic mass is 35.5. The molecule has 1 aliphatic heterocycles. The number of benzene rings is 1. The molecule has 0 aliphatic carbocycles. The van der Waals surface area contributed by atoms with Crippen molar-refractivity contribution in [3.8, 4) is 0 Å². The number of hydrogen-bond acceptors (Lipinski definition) is 3. The Hall–Kier alpha value is -1.10. The Morgan fingerprint density at radius 2 is 2.10 bits per heavy atom. The van der Waals surface area contributed by atoms with Gasteiger partial charge in [-0.3, -0.25) is 4.79 Å². The average Bonchev–Trinajstić information content (AvgIpc) is 2.88. The number of likely N-dealkylation sites (tertiary alicyclic amines) is 1. The van der Waals surface area contributed by atoms with E-state index in [9.17, 15) is 4.79 Å². The topological polar surface area (TPSA) is 55.6 Å². The van der Waals surface area contributed by atoms with E-state index in [4.69, 9.17) is 10.5 Å². The molecule has 2 rings (SSSR count). The van der Waals surface area contributed by atoms with Crippen LogP contribution >= 0.6 is 12.4 Å². The lowest BCUT2D eigenvalue weighted by atomic mass is 9.90. The summed E-state index contributed by atoms with van der Waals surface area (Å²) in [6.07, 6.45) is 0.566. The third kappa shape index (κ3) is 4.70. The second-order valence-corrected chi connectivity index (χ2v) is 5.96. The molecule has 1 saturated heterocycles. The Morgan fingerprint density at radius 3 is 2.67 bits per heavy atom. The van der Waals surface area contributed by atoms with E-state index in [1.54, 1.807) is 0 Å². The van der Waals surface area contributed by atoms with Gasteiger partial charge >= 0.3 is 0 Å². The molecule has 2 unspecified atom stereocenters. The van der Waals surface area contributed by atoms with Gasteiger partial charge in [-0.25, -0.2) is 0 Å². The second-order valence-electron chi connectivity index (χ2n) is 5.96. The molecule has 1 heterocycles. The lowest BCUT2D eigenvalue weighted by Gasteiger charge is -2.24. The maximum absolute atomic E-state index is 12.3. The Labute approximate surface area is 133 Å². The monoisotopic (exact) mass is 312 g/mol. The number of nitrogens with zero attached hydrogens (tertiary/aromatic N) is 1. The van der Waals surface area contributed by atoms with Crippen LogP contribution in [0, 0.1) is 5.41 Å². The molecule has 1 aliphatic rings. The summed E-state index contributed by atoms with van der Waals surface area (Å²) in [5.74, 6) is 0.0677. The summed E-state index contributed by atoms with van der Waals surface area (Å²) >= 11 is 0. The fraction of sp³-hybridized carbons (Fsp3) is 0.562. The molecule has 21 heavy (non-hydrogen) atoms. The highest BCUT2D eigenvalue weighted by Crippen LogP contribution is 2.29. The molecule has 1 fully saturated rings. The summed E-state index contributed by atoms with van der Waals surface area (Å²) in [6, 6.07) is 9.91. The van der Waals surface area contributed by atoms with Gasteiger partial charge < -0.3 is 15.4 Å². The van der Waals surface area contributed by atoms with Crippen LogP contribution in [0.15, 0.2) is 30.3 Å². The summed E-state index contributed by atoms with van der Waals surface area (Å²) in [6.45, 7) is 6.57. The van der Waals surface area contributed by atoms with Gasteiger partial charge in [0.2, 0.25) is 0 Å². The van der Waals surface area contributed by atoms with Crippen molar-refractivity contribution in [2.24, 2.45) is 11.1 Å². The van der Waals surface area contributed by atoms with Crippen LogP contribution in [0.5, 0.6) is 0 Å². The summed E-state index contributed by atoms with van der Waals surface area (Å²) in [4.78, 5) is 14.2. The normalized spacial score (nSPS) is 22.7. The average molecular weight is 313 g/mol. The van der Waals surface area contributed by atoms with E-state index < -0.39 is 6.10 Å². The first kappa shape index (κ1) is 18.0. The third-order valence-electron chi connectivity index (χ3n) is 4.05. The molecular weight excluding hydrogens is 288 g/mol. The SMILES string of the molecule is CC(OCc1ccccc1)C(=O)N1CCC(C)(CN)C1.Cl. The minimum atomic E-state index is -0.407. The van der Waals surface area contributed by atoms with Crippen LogP contribution < -0.4 is 5.73 Å². The van der Waals surface area contributed by atoms with Gasteiger partial charge in [0.1, 0.15) is 6.10 Å². The van der Waals surface area contributed by atoms with E-state index >= 15 is 0 Å². The van der Waals surface area contributed by atoms with Gasteiger partial charge in [-0.2, -0.15) is 0 Å². The van der Waals surface area contributed by atoms with E-state index in [1.807, 2.05) is 42.2 Å². The molecule has 0 spiro atoms. The molecule has 0 bridgehead atoms. The number of amides is 1. The predicted molar refractivity (Wildman–Crippen MR) is 86.3 cm³/mol. The lowest BCUT2D eigenvalue weighted by molar-refractivity contribution is -0.142. The van der Waals surface area contributed by atoms with Crippen molar-refractivity contribution in [2.45, 2.75) is 33.0 Å². The minimum Gasteiger partial charge on any atom is -0.364 e. The van der Waals surface area contributed by atoms with Crippen molar-refractivity contribution in [1.82, 2.24) is 4.90 Å². The van der Waals surface area contributed by atoms with Gasteiger partial charge in [-0.1, -0.05) is 37.3 Å². The van der Waals surface area contributed by atoms with E-state index in [0.717, 1.165) is 25.1 Å². The molecule has 0 radical (unpaired) electrons. The molecule has 4 nitrogen and oxygen atoms in total. The maximum Gasteiger partial charge on any atom is 0.251 e. The maximum atomic E-state index is 12.3. The summed E-state index contributed by atoms with van der Waals surface area (Å²) in [5.41, 5.74) is 6.92. The Morgan fingerprint density at radius 1 is 1.43 bits per heavy atom.